The Morgan fingerprint density at radius 1 is 1.08 bits per heavy atom. The van der Waals surface area contributed by atoms with Crippen molar-refractivity contribution in [2.24, 2.45) is 5.73 Å². The van der Waals surface area contributed by atoms with E-state index in [1.807, 2.05) is 51.1 Å². The van der Waals surface area contributed by atoms with Crippen molar-refractivity contribution in [2.75, 3.05) is 26.2 Å². The van der Waals surface area contributed by atoms with Crippen LogP contribution in [0.3, 0.4) is 0 Å². The van der Waals surface area contributed by atoms with E-state index in [9.17, 15) is 9.59 Å². The molecule has 0 aromatic heterocycles. The molecule has 0 radical (unpaired) electrons. The zero-order chi connectivity index (χ0) is 18.4. The van der Waals surface area contributed by atoms with E-state index in [0.717, 1.165) is 5.56 Å². The van der Waals surface area contributed by atoms with Gasteiger partial charge in [0.15, 0.2) is 0 Å². The number of ether oxygens (including phenoxy) is 2. The van der Waals surface area contributed by atoms with E-state index >= 15 is 0 Å². The van der Waals surface area contributed by atoms with Gasteiger partial charge in [0.2, 0.25) is 0 Å². The van der Waals surface area contributed by atoms with E-state index in [1.54, 1.807) is 4.90 Å². The summed E-state index contributed by atoms with van der Waals surface area (Å²) in [5.41, 5.74) is 6.42. The van der Waals surface area contributed by atoms with Crippen LogP contribution in [0.1, 0.15) is 26.3 Å². The molecule has 1 aliphatic rings. The van der Waals surface area contributed by atoms with E-state index in [4.69, 9.17) is 15.2 Å². The Labute approximate surface area is 148 Å². The number of rotatable bonds is 2. The summed E-state index contributed by atoms with van der Waals surface area (Å²) in [6.45, 7) is 7.07. The molecular formula is C18H27N3O4. The van der Waals surface area contributed by atoms with Crippen LogP contribution in [0.25, 0.3) is 0 Å². The lowest BCUT2D eigenvalue weighted by molar-refractivity contribution is 0.0249. The zero-order valence-corrected chi connectivity index (χ0v) is 15.1. The summed E-state index contributed by atoms with van der Waals surface area (Å²) >= 11 is 0. The summed E-state index contributed by atoms with van der Waals surface area (Å²) in [4.78, 5) is 27.6. The molecule has 1 atom stereocenters. The largest absolute Gasteiger partial charge is 0.445 e. The molecule has 25 heavy (non-hydrogen) atoms. The number of hydrogen-bond acceptors (Lipinski definition) is 5. The molecule has 1 aliphatic heterocycles. The fourth-order valence-electron chi connectivity index (χ4n) is 2.52. The van der Waals surface area contributed by atoms with E-state index in [2.05, 4.69) is 0 Å². The van der Waals surface area contributed by atoms with Crippen molar-refractivity contribution in [3.63, 3.8) is 0 Å². The van der Waals surface area contributed by atoms with Crippen LogP contribution in [0.4, 0.5) is 9.59 Å². The SMILES string of the molecule is CC(C)(C)OC(=O)N1CCN(C(=O)OCc2ccccc2)CC(N)C1. The van der Waals surface area contributed by atoms with E-state index in [0.29, 0.717) is 26.2 Å². The van der Waals surface area contributed by atoms with Gasteiger partial charge in [-0.25, -0.2) is 9.59 Å². The molecule has 7 nitrogen and oxygen atoms in total. The molecule has 1 saturated heterocycles. The minimum atomic E-state index is -0.568. The minimum Gasteiger partial charge on any atom is -0.445 e. The van der Waals surface area contributed by atoms with E-state index < -0.39 is 17.8 Å². The Morgan fingerprint density at radius 3 is 2.20 bits per heavy atom. The number of carbonyl (C=O) groups is 2. The quantitative estimate of drug-likeness (QED) is 0.885. The Hall–Kier alpha value is -2.28. The molecule has 2 amide bonds. The Bertz CT molecular complexity index is 586. The first-order chi connectivity index (χ1) is 11.7. The van der Waals surface area contributed by atoms with Crippen molar-refractivity contribution in [1.29, 1.82) is 0 Å². The first-order valence-electron chi connectivity index (χ1n) is 8.44. The van der Waals surface area contributed by atoms with Gasteiger partial charge < -0.3 is 25.0 Å². The van der Waals surface area contributed by atoms with Gasteiger partial charge >= 0.3 is 12.2 Å². The van der Waals surface area contributed by atoms with E-state index in [1.165, 1.54) is 4.90 Å². The molecule has 0 saturated carbocycles. The number of nitrogens with zero attached hydrogens (tertiary/aromatic N) is 2. The molecule has 1 aromatic rings. The maximum absolute atomic E-state index is 12.3. The topological polar surface area (TPSA) is 85.1 Å². The lowest BCUT2D eigenvalue weighted by atomic mass is 10.2. The first kappa shape index (κ1) is 19.1. The van der Waals surface area contributed by atoms with Gasteiger partial charge in [0, 0.05) is 32.2 Å². The number of benzene rings is 1. The minimum absolute atomic E-state index is 0.210. The fraction of sp³-hybridized carbons (Fsp3) is 0.556. The smallest absolute Gasteiger partial charge is 0.410 e. The molecule has 1 fully saturated rings. The van der Waals surface area contributed by atoms with Crippen LogP contribution in [-0.2, 0) is 16.1 Å². The maximum Gasteiger partial charge on any atom is 0.410 e. The number of hydrogen-bond donors (Lipinski definition) is 1. The highest BCUT2D eigenvalue weighted by molar-refractivity contribution is 5.70. The average Bonchev–Trinajstić information content (AvgIpc) is 2.74. The predicted octanol–water partition coefficient (Wildman–Crippen LogP) is 2.20. The molecule has 138 valence electrons. The van der Waals surface area contributed by atoms with Crippen LogP contribution in [-0.4, -0.2) is 59.8 Å². The van der Waals surface area contributed by atoms with Gasteiger partial charge in [-0.15, -0.1) is 0 Å². The van der Waals surface area contributed by atoms with Crippen LogP contribution in [0, 0.1) is 0 Å². The van der Waals surface area contributed by atoms with Gasteiger partial charge in [-0.3, -0.25) is 0 Å². The lowest BCUT2D eigenvalue weighted by Crippen LogP contribution is -2.44. The third kappa shape index (κ3) is 6.26. The summed E-state index contributed by atoms with van der Waals surface area (Å²) in [5, 5.41) is 0. The standard InChI is InChI=1S/C18H27N3O4/c1-18(2,3)25-17(23)21-10-9-20(11-15(19)12-21)16(22)24-13-14-7-5-4-6-8-14/h4-8,15H,9-13,19H2,1-3H3. The van der Waals surface area contributed by atoms with Crippen molar-refractivity contribution in [3.05, 3.63) is 35.9 Å². The highest BCUT2D eigenvalue weighted by atomic mass is 16.6. The van der Waals surface area contributed by atoms with Crippen LogP contribution < -0.4 is 5.73 Å². The first-order valence-corrected chi connectivity index (χ1v) is 8.44. The molecule has 2 N–H and O–H groups in total. The van der Waals surface area contributed by atoms with Gasteiger partial charge in [-0.2, -0.15) is 0 Å². The second kappa shape index (κ2) is 8.20. The van der Waals surface area contributed by atoms with Gasteiger partial charge in [0.05, 0.1) is 0 Å². The second-order valence-corrected chi connectivity index (χ2v) is 7.17. The lowest BCUT2D eigenvalue weighted by Gasteiger charge is -2.27. The number of nitrogens with two attached hydrogens (primary N) is 1. The van der Waals surface area contributed by atoms with Crippen LogP contribution >= 0.6 is 0 Å². The Morgan fingerprint density at radius 2 is 1.64 bits per heavy atom. The molecule has 0 spiro atoms. The molecule has 1 aromatic carbocycles. The summed E-state index contributed by atoms with van der Waals surface area (Å²) in [6, 6.07) is 9.13. The average molecular weight is 349 g/mol. The predicted molar refractivity (Wildman–Crippen MR) is 94.0 cm³/mol. The number of amides is 2. The summed E-state index contributed by atoms with van der Waals surface area (Å²) < 4.78 is 10.7. The van der Waals surface area contributed by atoms with Crippen molar-refractivity contribution in [2.45, 2.75) is 39.0 Å². The van der Waals surface area contributed by atoms with Gasteiger partial charge in [-0.1, -0.05) is 30.3 Å². The van der Waals surface area contributed by atoms with Crippen molar-refractivity contribution >= 4 is 12.2 Å². The summed E-state index contributed by atoms with van der Waals surface area (Å²) in [6.07, 6.45) is -0.840. The third-order valence-corrected chi connectivity index (χ3v) is 3.66. The van der Waals surface area contributed by atoms with Gasteiger partial charge in [-0.05, 0) is 26.3 Å². The highest BCUT2D eigenvalue weighted by Gasteiger charge is 2.29. The van der Waals surface area contributed by atoms with Gasteiger partial charge in [0.25, 0.3) is 0 Å². The molecular weight excluding hydrogens is 322 g/mol. The van der Waals surface area contributed by atoms with Crippen LogP contribution in [0.15, 0.2) is 30.3 Å². The van der Waals surface area contributed by atoms with Crippen molar-refractivity contribution < 1.29 is 19.1 Å². The monoisotopic (exact) mass is 349 g/mol. The Balaban J connectivity index is 1.89. The molecule has 1 heterocycles. The molecule has 1 unspecified atom stereocenters. The molecule has 7 heteroatoms. The fourth-order valence-corrected chi connectivity index (χ4v) is 2.52. The van der Waals surface area contributed by atoms with Crippen LogP contribution in [0.5, 0.6) is 0 Å². The van der Waals surface area contributed by atoms with Gasteiger partial charge in [0.1, 0.15) is 12.2 Å². The highest BCUT2D eigenvalue weighted by Crippen LogP contribution is 2.13. The van der Waals surface area contributed by atoms with Crippen molar-refractivity contribution in [1.82, 2.24) is 9.80 Å². The molecule has 0 aliphatic carbocycles. The maximum atomic E-state index is 12.3. The zero-order valence-electron chi connectivity index (χ0n) is 15.1. The Kier molecular flexibility index (Phi) is 6.25. The summed E-state index contributed by atoms with van der Waals surface area (Å²) in [7, 11) is 0. The van der Waals surface area contributed by atoms with E-state index in [-0.39, 0.29) is 12.6 Å². The van der Waals surface area contributed by atoms with Crippen LogP contribution in [0.2, 0.25) is 0 Å². The molecule has 0 bridgehead atoms. The normalized spacial score (nSPS) is 18.5. The summed E-state index contributed by atoms with van der Waals surface area (Å²) in [5.74, 6) is 0. The van der Waals surface area contributed by atoms with Crippen molar-refractivity contribution in [3.8, 4) is 0 Å². The third-order valence-electron chi connectivity index (χ3n) is 3.66. The second-order valence-electron chi connectivity index (χ2n) is 7.17. The number of carbonyl (C=O) groups excluding carboxylic acids is 2. The molecule has 2 rings (SSSR count).